The highest BCUT2D eigenvalue weighted by Crippen LogP contribution is 2.24. The van der Waals surface area contributed by atoms with Gasteiger partial charge in [-0.15, -0.1) is 11.8 Å². The van der Waals surface area contributed by atoms with Crippen molar-refractivity contribution in [3.63, 3.8) is 0 Å². The molecule has 2 rings (SSSR count). The minimum atomic E-state index is 0.270. The number of nitrogens with zero attached hydrogens (tertiary/aromatic N) is 1. The van der Waals surface area contributed by atoms with Crippen LogP contribution in [0.1, 0.15) is 24.1 Å². The van der Waals surface area contributed by atoms with Crippen molar-refractivity contribution in [3.8, 4) is 0 Å². The Hall–Kier alpha value is -1.29. The molecule has 1 atom stereocenters. The molecule has 0 amide bonds. The Labute approximate surface area is 132 Å². The summed E-state index contributed by atoms with van der Waals surface area (Å²) in [5, 5.41) is 0. The summed E-state index contributed by atoms with van der Waals surface area (Å²) >= 11 is 1.77. The monoisotopic (exact) mass is 300 g/mol. The van der Waals surface area contributed by atoms with Crippen LogP contribution in [0.15, 0.2) is 59.5 Å². The van der Waals surface area contributed by atoms with Gasteiger partial charge in [0.05, 0.1) is 0 Å². The van der Waals surface area contributed by atoms with Crippen molar-refractivity contribution in [1.29, 1.82) is 0 Å². The maximum Gasteiger partial charge on any atom is 0.0473 e. The molecule has 2 N–H and O–H groups in total. The Morgan fingerprint density at radius 3 is 2.24 bits per heavy atom. The van der Waals surface area contributed by atoms with Crippen molar-refractivity contribution in [2.45, 2.75) is 24.4 Å². The highest BCUT2D eigenvalue weighted by atomic mass is 32.2. The summed E-state index contributed by atoms with van der Waals surface area (Å²) in [7, 11) is 0. The van der Waals surface area contributed by atoms with Gasteiger partial charge in [-0.3, -0.25) is 4.90 Å². The molecule has 112 valence electrons. The SMILES string of the molecule is CCN(Cc1ccccc1)C(CN)c1ccc(SC)cc1. The Balaban J connectivity index is 2.16. The number of likely N-dealkylation sites (N-methyl/N-ethyl adjacent to an activating group) is 1. The van der Waals surface area contributed by atoms with E-state index in [0.717, 1.165) is 13.1 Å². The van der Waals surface area contributed by atoms with E-state index in [1.807, 2.05) is 0 Å². The molecule has 0 heterocycles. The Bertz CT molecular complexity index is 525. The van der Waals surface area contributed by atoms with Gasteiger partial charge in [-0.1, -0.05) is 49.4 Å². The number of hydrogen-bond acceptors (Lipinski definition) is 3. The molecule has 0 spiro atoms. The van der Waals surface area contributed by atoms with Crippen LogP contribution >= 0.6 is 11.8 Å². The van der Waals surface area contributed by atoms with E-state index < -0.39 is 0 Å². The third-order valence-electron chi connectivity index (χ3n) is 3.80. The largest absolute Gasteiger partial charge is 0.329 e. The van der Waals surface area contributed by atoms with E-state index >= 15 is 0 Å². The summed E-state index contributed by atoms with van der Waals surface area (Å²) in [6, 6.07) is 19.6. The molecule has 0 radical (unpaired) electrons. The summed E-state index contributed by atoms with van der Waals surface area (Å²) in [5.41, 5.74) is 8.69. The molecule has 0 bridgehead atoms. The van der Waals surface area contributed by atoms with Crippen molar-refractivity contribution < 1.29 is 0 Å². The van der Waals surface area contributed by atoms with Gasteiger partial charge in [0.1, 0.15) is 0 Å². The van der Waals surface area contributed by atoms with Gasteiger partial charge < -0.3 is 5.73 Å². The molecular weight excluding hydrogens is 276 g/mol. The fraction of sp³-hybridized carbons (Fsp3) is 0.333. The standard InChI is InChI=1S/C18H24N2S/c1-3-20(14-15-7-5-4-6-8-15)18(13-19)16-9-11-17(21-2)12-10-16/h4-12,18H,3,13-14,19H2,1-2H3. The number of hydrogen-bond donors (Lipinski definition) is 1. The van der Waals surface area contributed by atoms with E-state index in [-0.39, 0.29) is 6.04 Å². The predicted octanol–water partition coefficient (Wildman–Crippen LogP) is 3.93. The Morgan fingerprint density at radius 2 is 1.71 bits per heavy atom. The molecule has 2 aromatic rings. The van der Waals surface area contributed by atoms with Gasteiger partial charge in [0.25, 0.3) is 0 Å². The van der Waals surface area contributed by atoms with Crippen molar-refractivity contribution in [1.82, 2.24) is 4.90 Å². The normalized spacial score (nSPS) is 12.6. The first kappa shape index (κ1) is 16.1. The molecule has 2 aromatic carbocycles. The second-order valence-corrected chi connectivity index (χ2v) is 5.95. The fourth-order valence-electron chi connectivity index (χ4n) is 2.58. The van der Waals surface area contributed by atoms with E-state index in [4.69, 9.17) is 5.73 Å². The van der Waals surface area contributed by atoms with Gasteiger partial charge in [0, 0.05) is 24.0 Å². The summed E-state index contributed by atoms with van der Waals surface area (Å²) in [4.78, 5) is 3.73. The average Bonchev–Trinajstić information content (AvgIpc) is 2.56. The molecule has 0 saturated carbocycles. The van der Waals surface area contributed by atoms with Crippen LogP contribution in [0.2, 0.25) is 0 Å². The first-order valence-corrected chi connectivity index (χ1v) is 8.63. The zero-order valence-corrected chi connectivity index (χ0v) is 13.6. The lowest BCUT2D eigenvalue weighted by atomic mass is 10.0. The summed E-state index contributed by atoms with van der Waals surface area (Å²) in [6.07, 6.45) is 2.10. The zero-order valence-electron chi connectivity index (χ0n) is 12.8. The van der Waals surface area contributed by atoms with Crippen LogP contribution in [0.4, 0.5) is 0 Å². The highest BCUT2D eigenvalue weighted by molar-refractivity contribution is 7.98. The van der Waals surface area contributed by atoms with Gasteiger partial charge >= 0.3 is 0 Å². The maximum atomic E-state index is 6.06. The number of rotatable bonds is 7. The quantitative estimate of drug-likeness (QED) is 0.786. The smallest absolute Gasteiger partial charge is 0.0473 e. The number of thioether (sulfide) groups is 1. The molecule has 3 heteroatoms. The average molecular weight is 300 g/mol. The van der Waals surface area contributed by atoms with Crippen molar-refractivity contribution in [2.24, 2.45) is 5.73 Å². The summed E-state index contributed by atoms with van der Waals surface area (Å²) < 4.78 is 0. The predicted molar refractivity (Wildman–Crippen MR) is 92.5 cm³/mol. The summed E-state index contributed by atoms with van der Waals surface area (Å²) in [5.74, 6) is 0. The maximum absolute atomic E-state index is 6.06. The van der Waals surface area contributed by atoms with Crippen LogP contribution in [0, 0.1) is 0 Å². The van der Waals surface area contributed by atoms with Gasteiger partial charge in [-0.05, 0) is 36.1 Å². The van der Waals surface area contributed by atoms with Crippen LogP contribution in [0.25, 0.3) is 0 Å². The number of benzene rings is 2. The Morgan fingerprint density at radius 1 is 1.05 bits per heavy atom. The minimum absolute atomic E-state index is 0.270. The van der Waals surface area contributed by atoms with E-state index in [2.05, 4.69) is 72.7 Å². The lowest BCUT2D eigenvalue weighted by Crippen LogP contribution is -2.33. The molecule has 0 aliphatic carbocycles. The third kappa shape index (κ3) is 4.34. The number of nitrogens with two attached hydrogens (primary N) is 1. The third-order valence-corrected chi connectivity index (χ3v) is 4.54. The van der Waals surface area contributed by atoms with Crippen molar-refractivity contribution in [3.05, 3.63) is 65.7 Å². The van der Waals surface area contributed by atoms with Crippen LogP contribution < -0.4 is 5.73 Å². The minimum Gasteiger partial charge on any atom is -0.329 e. The molecular formula is C18H24N2S. The van der Waals surface area contributed by atoms with Crippen LogP contribution in [-0.2, 0) is 6.54 Å². The molecule has 0 saturated heterocycles. The molecule has 0 aliphatic heterocycles. The molecule has 0 aromatic heterocycles. The first-order valence-electron chi connectivity index (χ1n) is 7.40. The van der Waals surface area contributed by atoms with Crippen molar-refractivity contribution >= 4 is 11.8 Å². The van der Waals surface area contributed by atoms with Gasteiger partial charge in [-0.25, -0.2) is 0 Å². The highest BCUT2D eigenvalue weighted by Gasteiger charge is 2.17. The molecule has 0 fully saturated rings. The van der Waals surface area contributed by atoms with Crippen LogP contribution in [0.5, 0.6) is 0 Å². The van der Waals surface area contributed by atoms with E-state index in [0.29, 0.717) is 6.54 Å². The first-order chi connectivity index (χ1) is 10.3. The van der Waals surface area contributed by atoms with Crippen molar-refractivity contribution in [2.75, 3.05) is 19.3 Å². The molecule has 1 unspecified atom stereocenters. The van der Waals surface area contributed by atoms with E-state index in [1.54, 1.807) is 11.8 Å². The molecule has 0 aliphatic rings. The Kier molecular flexibility index (Phi) is 6.30. The van der Waals surface area contributed by atoms with Gasteiger partial charge in [-0.2, -0.15) is 0 Å². The second kappa shape index (κ2) is 8.23. The second-order valence-electron chi connectivity index (χ2n) is 5.07. The molecule has 2 nitrogen and oxygen atoms in total. The van der Waals surface area contributed by atoms with Crippen LogP contribution in [-0.4, -0.2) is 24.2 Å². The van der Waals surface area contributed by atoms with Gasteiger partial charge in [0.15, 0.2) is 0 Å². The lowest BCUT2D eigenvalue weighted by Gasteiger charge is -2.30. The van der Waals surface area contributed by atoms with Gasteiger partial charge in [0.2, 0.25) is 0 Å². The molecule has 21 heavy (non-hydrogen) atoms. The topological polar surface area (TPSA) is 29.3 Å². The fourth-order valence-corrected chi connectivity index (χ4v) is 2.99. The van der Waals surface area contributed by atoms with E-state index in [1.165, 1.54) is 16.0 Å². The zero-order chi connectivity index (χ0) is 15.1. The lowest BCUT2D eigenvalue weighted by molar-refractivity contribution is 0.203. The summed E-state index contributed by atoms with van der Waals surface area (Å²) in [6.45, 7) is 4.76. The van der Waals surface area contributed by atoms with E-state index in [9.17, 15) is 0 Å². The van der Waals surface area contributed by atoms with Crippen LogP contribution in [0.3, 0.4) is 0 Å².